The van der Waals surface area contributed by atoms with Crippen molar-refractivity contribution < 1.29 is 9.90 Å². The van der Waals surface area contributed by atoms with E-state index in [-0.39, 0.29) is 17.2 Å². The molecule has 0 saturated carbocycles. The van der Waals surface area contributed by atoms with E-state index in [9.17, 15) is 9.90 Å². The molecule has 0 spiro atoms. The summed E-state index contributed by atoms with van der Waals surface area (Å²) in [5, 5.41) is 13.3. The Kier molecular flexibility index (Phi) is 3.16. The Bertz CT molecular complexity index is 822. The number of anilines is 2. The third-order valence-electron chi connectivity index (χ3n) is 3.62. The fourth-order valence-corrected chi connectivity index (χ4v) is 4.11. The number of hydrogen-bond donors (Lipinski definition) is 2. The van der Waals surface area contributed by atoms with Crippen LogP contribution in [-0.4, -0.2) is 16.5 Å². The number of carbonyl (C=O) groups excluding carboxylic acids is 1. The van der Waals surface area contributed by atoms with Crippen LogP contribution in [0, 0.1) is 0 Å². The number of carbonyl (C=O) groups is 1. The zero-order valence-corrected chi connectivity index (χ0v) is 13.7. The molecule has 2 aliphatic heterocycles. The van der Waals surface area contributed by atoms with Crippen LogP contribution in [-0.2, 0) is 4.79 Å². The summed E-state index contributed by atoms with van der Waals surface area (Å²) in [7, 11) is 0. The van der Waals surface area contributed by atoms with Crippen LogP contribution in [0.3, 0.4) is 0 Å². The predicted molar refractivity (Wildman–Crippen MR) is 92.7 cm³/mol. The molecule has 22 heavy (non-hydrogen) atoms. The number of phenols is 1. The lowest BCUT2D eigenvalue weighted by atomic mass is 10.2. The molecular weight excluding hydrogens is 364 g/mol. The minimum Gasteiger partial charge on any atom is -0.507 e. The summed E-state index contributed by atoms with van der Waals surface area (Å²) in [5.74, 6) is 0.108. The number of aromatic hydroxyl groups is 1. The van der Waals surface area contributed by atoms with Crippen molar-refractivity contribution >= 4 is 51.0 Å². The van der Waals surface area contributed by atoms with Gasteiger partial charge in [0.1, 0.15) is 5.75 Å². The molecule has 0 aromatic heterocycles. The number of nitrogens with zero attached hydrogens (tertiary/aromatic N) is 1. The van der Waals surface area contributed by atoms with Gasteiger partial charge in [-0.3, -0.25) is 9.69 Å². The summed E-state index contributed by atoms with van der Waals surface area (Å²) in [6, 6.07) is 12.9. The molecule has 110 valence electrons. The normalized spacial score (nSPS) is 21.0. The Balaban J connectivity index is 1.72. The van der Waals surface area contributed by atoms with Gasteiger partial charge in [-0.25, -0.2) is 0 Å². The summed E-state index contributed by atoms with van der Waals surface area (Å²) in [6.07, 6.45) is 1.73. The average molecular weight is 375 g/mol. The predicted octanol–water partition coefficient (Wildman–Crippen LogP) is 3.98. The van der Waals surface area contributed by atoms with Gasteiger partial charge in [0, 0.05) is 10.0 Å². The Morgan fingerprint density at radius 2 is 2.09 bits per heavy atom. The standard InChI is InChI=1S/C16H11BrN2O2S/c17-10-5-6-13(20)9(7-10)8-14-15(21)19-12-4-2-1-3-11(12)18-16(19)22-14/h1-8,16,18,20H/b14-8-/t16-/m1/s1. The van der Waals surface area contributed by atoms with Crippen LogP contribution in [0.15, 0.2) is 51.8 Å². The van der Waals surface area contributed by atoms with E-state index in [2.05, 4.69) is 21.2 Å². The lowest BCUT2D eigenvalue weighted by Gasteiger charge is -2.12. The molecule has 1 amide bonds. The first-order valence-electron chi connectivity index (χ1n) is 6.69. The van der Waals surface area contributed by atoms with E-state index in [0.29, 0.717) is 10.5 Å². The van der Waals surface area contributed by atoms with E-state index in [1.807, 2.05) is 24.3 Å². The molecule has 1 fully saturated rings. The van der Waals surface area contributed by atoms with Gasteiger partial charge >= 0.3 is 0 Å². The third kappa shape index (κ3) is 2.10. The van der Waals surface area contributed by atoms with Crippen LogP contribution in [0.2, 0.25) is 0 Å². The first-order chi connectivity index (χ1) is 10.6. The lowest BCUT2D eigenvalue weighted by Crippen LogP contribution is -2.31. The smallest absolute Gasteiger partial charge is 0.267 e. The van der Waals surface area contributed by atoms with Gasteiger partial charge in [0.05, 0.1) is 16.3 Å². The minimum absolute atomic E-state index is 0.0492. The highest BCUT2D eigenvalue weighted by Gasteiger charge is 2.42. The first kappa shape index (κ1) is 13.7. The number of amides is 1. The number of benzene rings is 2. The van der Waals surface area contributed by atoms with Gasteiger partial charge in [0.25, 0.3) is 5.91 Å². The zero-order chi connectivity index (χ0) is 15.3. The monoisotopic (exact) mass is 374 g/mol. The average Bonchev–Trinajstić information content (AvgIpc) is 3.00. The van der Waals surface area contributed by atoms with Crippen molar-refractivity contribution in [2.45, 2.75) is 5.50 Å². The second-order valence-corrected chi connectivity index (χ2v) is 7.06. The molecule has 4 nitrogen and oxygen atoms in total. The second-order valence-electron chi connectivity index (χ2n) is 5.02. The number of hydrogen-bond acceptors (Lipinski definition) is 4. The summed E-state index contributed by atoms with van der Waals surface area (Å²) < 4.78 is 0.858. The van der Waals surface area contributed by atoms with Crippen molar-refractivity contribution in [1.29, 1.82) is 0 Å². The van der Waals surface area contributed by atoms with Crippen LogP contribution < -0.4 is 10.2 Å². The molecule has 2 aliphatic rings. The van der Waals surface area contributed by atoms with Crippen LogP contribution in [0.25, 0.3) is 6.08 Å². The molecule has 4 rings (SSSR count). The molecule has 0 aliphatic carbocycles. The van der Waals surface area contributed by atoms with Gasteiger partial charge in [-0.1, -0.05) is 39.8 Å². The van der Waals surface area contributed by atoms with E-state index >= 15 is 0 Å². The van der Waals surface area contributed by atoms with Gasteiger partial charge in [-0.05, 0) is 36.4 Å². The highest BCUT2D eigenvalue weighted by molar-refractivity contribution is 9.10. The molecule has 2 aromatic carbocycles. The van der Waals surface area contributed by atoms with Crippen molar-refractivity contribution in [2.24, 2.45) is 0 Å². The molecule has 6 heteroatoms. The number of nitrogens with one attached hydrogen (secondary N) is 1. The Morgan fingerprint density at radius 3 is 2.95 bits per heavy atom. The minimum atomic E-state index is -0.120. The summed E-state index contributed by atoms with van der Waals surface area (Å²) in [6.45, 7) is 0. The highest BCUT2D eigenvalue weighted by atomic mass is 79.9. The summed E-state index contributed by atoms with van der Waals surface area (Å²) >= 11 is 4.83. The topological polar surface area (TPSA) is 52.6 Å². The largest absolute Gasteiger partial charge is 0.507 e. The number of thioether (sulfide) groups is 1. The summed E-state index contributed by atoms with van der Waals surface area (Å²) in [4.78, 5) is 15.0. The molecular formula is C16H11BrN2O2S. The van der Waals surface area contributed by atoms with Crippen LogP contribution in [0.5, 0.6) is 5.75 Å². The maximum Gasteiger partial charge on any atom is 0.267 e. The van der Waals surface area contributed by atoms with Gasteiger partial charge in [-0.2, -0.15) is 0 Å². The first-order valence-corrected chi connectivity index (χ1v) is 8.37. The number of phenolic OH excluding ortho intramolecular Hbond substituents is 1. The molecule has 0 radical (unpaired) electrons. The highest BCUT2D eigenvalue weighted by Crippen LogP contribution is 2.47. The number of fused-ring (bicyclic) bond motifs is 3. The maximum atomic E-state index is 12.7. The number of halogens is 1. The lowest BCUT2D eigenvalue weighted by molar-refractivity contribution is -0.114. The molecule has 2 aromatic rings. The number of para-hydroxylation sites is 2. The van der Waals surface area contributed by atoms with Crippen molar-refractivity contribution in [3.05, 3.63) is 57.4 Å². The molecule has 2 N–H and O–H groups in total. The summed E-state index contributed by atoms with van der Waals surface area (Å²) in [5.41, 5.74) is 2.37. The van der Waals surface area contributed by atoms with Crippen molar-refractivity contribution in [1.82, 2.24) is 0 Å². The molecule has 1 saturated heterocycles. The zero-order valence-electron chi connectivity index (χ0n) is 11.3. The van der Waals surface area contributed by atoms with Crippen molar-refractivity contribution in [3.8, 4) is 5.75 Å². The number of rotatable bonds is 1. The van der Waals surface area contributed by atoms with Crippen molar-refractivity contribution in [3.63, 3.8) is 0 Å². The quantitative estimate of drug-likeness (QED) is 0.741. The fraction of sp³-hybridized carbons (Fsp3) is 0.0625. The maximum absolute atomic E-state index is 12.7. The van der Waals surface area contributed by atoms with Gasteiger partial charge < -0.3 is 10.4 Å². The fourth-order valence-electron chi connectivity index (χ4n) is 2.60. The van der Waals surface area contributed by atoms with Crippen molar-refractivity contribution in [2.75, 3.05) is 10.2 Å². The van der Waals surface area contributed by atoms with E-state index < -0.39 is 0 Å². The van der Waals surface area contributed by atoms with E-state index in [1.165, 1.54) is 11.8 Å². The molecule has 0 unspecified atom stereocenters. The molecule has 2 heterocycles. The van der Waals surface area contributed by atoms with Gasteiger partial charge in [0.15, 0.2) is 5.50 Å². The second kappa shape index (κ2) is 5.07. The Labute approximate surface area is 140 Å². The van der Waals surface area contributed by atoms with Crippen LogP contribution in [0.4, 0.5) is 11.4 Å². The Hall–Kier alpha value is -1.92. The SMILES string of the molecule is O=C1/C(=C/c2cc(Br)ccc2O)S[C@@H]2Nc3ccccc3N12. The molecule has 1 atom stereocenters. The van der Waals surface area contributed by atoms with Gasteiger partial charge in [0.2, 0.25) is 0 Å². The van der Waals surface area contributed by atoms with Gasteiger partial charge in [-0.15, -0.1) is 0 Å². The Morgan fingerprint density at radius 1 is 1.27 bits per heavy atom. The third-order valence-corrected chi connectivity index (χ3v) is 5.21. The van der Waals surface area contributed by atoms with Crippen LogP contribution in [0.1, 0.15) is 5.56 Å². The van der Waals surface area contributed by atoms with E-state index in [1.54, 1.807) is 29.2 Å². The van der Waals surface area contributed by atoms with E-state index in [4.69, 9.17) is 0 Å². The van der Waals surface area contributed by atoms with E-state index in [0.717, 1.165) is 15.8 Å². The van der Waals surface area contributed by atoms with Crippen LogP contribution >= 0.6 is 27.7 Å². The molecule has 0 bridgehead atoms.